The van der Waals surface area contributed by atoms with Gasteiger partial charge in [-0.05, 0) is 44.2 Å². The summed E-state index contributed by atoms with van der Waals surface area (Å²) in [5, 5.41) is 0. The molecule has 2 aromatic heterocycles. The Morgan fingerprint density at radius 2 is 1.84 bits per heavy atom. The van der Waals surface area contributed by atoms with Gasteiger partial charge in [-0.2, -0.15) is 0 Å². The zero-order chi connectivity index (χ0) is 12.7. The van der Waals surface area contributed by atoms with Crippen LogP contribution in [0.3, 0.4) is 0 Å². The third-order valence-electron chi connectivity index (χ3n) is 4.04. The van der Waals surface area contributed by atoms with Crippen molar-refractivity contribution in [3.8, 4) is 0 Å². The molecule has 1 aliphatic carbocycles. The second-order valence-electron chi connectivity index (χ2n) is 5.56. The smallest absolute Gasteiger partial charge is 0.112 e. The molecule has 0 bridgehead atoms. The van der Waals surface area contributed by atoms with Crippen LogP contribution >= 0.6 is 0 Å². The van der Waals surface area contributed by atoms with Crippen molar-refractivity contribution in [2.45, 2.75) is 45.4 Å². The maximum Gasteiger partial charge on any atom is 0.112 e. The molecule has 0 N–H and O–H groups in total. The maximum atomic E-state index is 4.66. The summed E-state index contributed by atoms with van der Waals surface area (Å²) in [5.74, 6) is 2.25. The summed E-state index contributed by atoms with van der Waals surface area (Å²) >= 11 is 0. The second kappa shape index (κ2) is 5.96. The van der Waals surface area contributed by atoms with Crippen LogP contribution in [0, 0.1) is 19.2 Å². The minimum absolute atomic E-state index is 0. The SMILES string of the molecule is Cc1nc(C2CCC(C)CC2)c2n[c-]n(C)c2n1.[Y]. The molecular weight excluding hydrogens is 313 g/mol. The Hall–Kier alpha value is -0.346. The van der Waals surface area contributed by atoms with Crippen molar-refractivity contribution in [3.05, 3.63) is 17.8 Å². The third-order valence-corrected chi connectivity index (χ3v) is 4.04. The molecule has 0 amide bonds. The van der Waals surface area contributed by atoms with Crippen molar-refractivity contribution in [3.63, 3.8) is 0 Å². The number of imidazole rings is 1. The minimum atomic E-state index is 0. The Bertz CT molecular complexity index is 570. The van der Waals surface area contributed by atoms with Crippen LogP contribution in [0.15, 0.2) is 0 Å². The summed E-state index contributed by atoms with van der Waals surface area (Å²) in [6.07, 6.45) is 8.00. The van der Waals surface area contributed by atoms with Crippen molar-refractivity contribution in [1.82, 2.24) is 19.5 Å². The number of hydrogen-bond donors (Lipinski definition) is 0. The average molecular weight is 332 g/mol. The molecule has 0 spiro atoms. The predicted octanol–water partition coefficient (Wildman–Crippen LogP) is 2.76. The van der Waals surface area contributed by atoms with E-state index in [1.54, 1.807) is 0 Å². The minimum Gasteiger partial charge on any atom is -0.435 e. The van der Waals surface area contributed by atoms with E-state index in [2.05, 4.69) is 28.2 Å². The molecule has 1 fully saturated rings. The molecule has 0 aliphatic heterocycles. The van der Waals surface area contributed by atoms with Gasteiger partial charge in [0.2, 0.25) is 0 Å². The molecule has 5 heteroatoms. The molecule has 2 aromatic rings. The second-order valence-corrected chi connectivity index (χ2v) is 5.56. The Morgan fingerprint density at radius 1 is 1.16 bits per heavy atom. The first kappa shape index (κ1) is 15.1. The molecule has 0 atom stereocenters. The van der Waals surface area contributed by atoms with E-state index >= 15 is 0 Å². The topological polar surface area (TPSA) is 43.6 Å². The molecule has 3 rings (SSSR count). The summed E-state index contributed by atoms with van der Waals surface area (Å²) in [4.78, 5) is 13.5. The molecule has 1 aliphatic rings. The molecule has 0 aromatic carbocycles. The average Bonchev–Trinajstić information content (AvgIpc) is 2.71. The van der Waals surface area contributed by atoms with Gasteiger partial charge in [-0.15, -0.1) is 0 Å². The zero-order valence-corrected chi connectivity index (χ0v) is 14.7. The molecule has 0 unspecified atom stereocenters. The van der Waals surface area contributed by atoms with Crippen molar-refractivity contribution in [1.29, 1.82) is 0 Å². The van der Waals surface area contributed by atoms with E-state index in [1.807, 2.05) is 18.5 Å². The van der Waals surface area contributed by atoms with E-state index in [9.17, 15) is 0 Å². The van der Waals surface area contributed by atoms with Crippen LogP contribution in [-0.4, -0.2) is 19.5 Å². The Balaban J connectivity index is 0.00000133. The number of fused-ring (bicyclic) bond motifs is 1. The summed E-state index contributed by atoms with van der Waals surface area (Å²) in [5.41, 5.74) is 3.00. The van der Waals surface area contributed by atoms with E-state index in [0.717, 1.165) is 28.6 Å². The number of rotatable bonds is 1. The van der Waals surface area contributed by atoms with Crippen LogP contribution in [0.4, 0.5) is 0 Å². The van der Waals surface area contributed by atoms with Crippen LogP contribution in [0.5, 0.6) is 0 Å². The van der Waals surface area contributed by atoms with Gasteiger partial charge in [-0.3, -0.25) is 9.97 Å². The standard InChI is InChI=1S/C14H19N4.Y/c1-9-4-6-11(7-5-9)12-13-14(17-10(2)16-12)18(3)8-15-13;/h9,11H,4-7H2,1-3H3;/q-1;. The van der Waals surface area contributed by atoms with Gasteiger partial charge in [-0.1, -0.05) is 19.8 Å². The zero-order valence-electron chi connectivity index (χ0n) is 11.8. The van der Waals surface area contributed by atoms with Gasteiger partial charge >= 0.3 is 0 Å². The molecule has 0 saturated heterocycles. The number of nitrogens with zero attached hydrogens (tertiary/aromatic N) is 4. The van der Waals surface area contributed by atoms with Crippen LogP contribution in [0.25, 0.3) is 11.2 Å². The first-order chi connectivity index (χ1) is 8.65. The monoisotopic (exact) mass is 332 g/mol. The van der Waals surface area contributed by atoms with Crippen molar-refractivity contribution in [2.24, 2.45) is 13.0 Å². The molecule has 19 heavy (non-hydrogen) atoms. The summed E-state index contributed by atoms with van der Waals surface area (Å²) in [7, 11) is 1.94. The first-order valence-corrected chi connectivity index (χ1v) is 6.74. The van der Waals surface area contributed by atoms with Crippen molar-refractivity contribution >= 4 is 11.2 Å². The van der Waals surface area contributed by atoms with Gasteiger partial charge < -0.3 is 9.55 Å². The van der Waals surface area contributed by atoms with Gasteiger partial charge in [0, 0.05) is 50.4 Å². The number of aryl methyl sites for hydroxylation is 2. The van der Waals surface area contributed by atoms with Crippen LogP contribution < -0.4 is 0 Å². The maximum absolute atomic E-state index is 4.66. The van der Waals surface area contributed by atoms with Gasteiger partial charge in [0.1, 0.15) is 5.82 Å². The largest absolute Gasteiger partial charge is 0.435 e. The van der Waals surface area contributed by atoms with Gasteiger partial charge in [0.05, 0.1) is 0 Å². The van der Waals surface area contributed by atoms with Gasteiger partial charge in [-0.25, -0.2) is 0 Å². The Labute approximate surface area is 139 Å². The fourth-order valence-corrected chi connectivity index (χ4v) is 2.90. The van der Waals surface area contributed by atoms with Crippen molar-refractivity contribution in [2.75, 3.05) is 0 Å². The van der Waals surface area contributed by atoms with E-state index < -0.39 is 0 Å². The van der Waals surface area contributed by atoms with E-state index in [1.165, 1.54) is 25.7 Å². The van der Waals surface area contributed by atoms with Gasteiger partial charge in [0.25, 0.3) is 0 Å². The number of hydrogen-bond acceptors (Lipinski definition) is 3. The molecule has 2 heterocycles. The molecular formula is C14H19N4Y-. The first-order valence-electron chi connectivity index (χ1n) is 6.74. The van der Waals surface area contributed by atoms with Crippen molar-refractivity contribution < 1.29 is 32.7 Å². The predicted molar refractivity (Wildman–Crippen MR) is 70.3 cm³/mol. The normalized spacial score (nSPS) is 23.3. The fraction of sp³-hybridized carbons (Fsp3) is 0.643. The Morgan fingerprint density at radius 3 is 2.53 bits per heavy atom. The van der Waals surface area contributed by atoms with E-state index in [4.69, 9.17) is 0 Å². The quantitative estimate of drug-likeness (QED) is 0.754. The summed E-state index contributed by atoms with van der Waals surface area (Å²) in [6.45, 7) is 4.30. The molecule has 1 radical (unpaired) electrons. The molecule has 1 saturated carbocycles. The van der Waals surface area contributed by atoms with Crippen LogP contribution in [0.1, 0.15) is 50.0 Å². The summed E-state index contributed by atoms with van der Waals surface area (Å²) in [6, 6.07) is 0. The number of aromatic nitrogens is 4. The third kappa shape index (κ3) is 2.90. The Kier molecular flexibility index (Phi) is 4.72. The van der Waals surface area contributed by atoms with E-state index in [0.29, 0.717) is 5.92 Å². The van der Waals surface area contributed by atoms with E-state index in [-0.39, 0.29) is 32.7 Å². The van der Waals surface area contributed by atoms with Crippen LogP contribution in [-0.2, 0) is 39.8 Å². The van der Waals surface area contributed by atoms with Gasteiger partial charge in [0.15, 0.2) is 0 Å². The van der Waals surface area contributed by atoms with Crippen LogP contribution in [0.2, 0.25) is 0 Å². The summed E-state index contributed by atoms with van der Waals surface area (Å²) < 4.78 is 1.86. The molecule has 4 nitrogen and oxygen atoms in total. The molecule has 99 valence electrons. The fourth-order valence-electron chi connectivity index (χ4n) is 2.90.